The van der Waals surface area contributed by atoms with Gasteiger partial charge in [0.1, 0.15) is 5.69 Å². The Balaban J connectivity index is 1.62. The molecule has 2 aromatic rings. The molecule has 7 nitrogen and oxygen atoms in total. The predicted octanol–water partition coefficient (Wildman–Crippen LogP) is 2.88. The minimum atomic E-state index is -0.330. The first kappa shape index (κ1) is 19.8. The van der Waals surface area contributed by atoms with E-state index in [0.29, 0.717) is 6.54 Å². The summed E-state index contributed by atoms with van der Waals surface area (Å²) < 4.78 is 1.33. The molecule has 28 heavy (non-hydrogen) atoms. The summed E-state index contributed by atoms with van der Waals surface area (Å²) in [7, 11) is 0. The number of hydrogen-bond donors (Lipinski definition) is 2. The first-order chi connectivity index (χ1) is 13.5. The molecule has 1 atom stereocenters. The van der Waals surface area contributed by atoms with Crippen molar-refractivity contribution < 1.29 is 9.59 Å². The minimum absolute atomic E-state index is 0.0679. The van der Waals surface area contributed by atoms with Gasteiger partial charge in [-0.25, -0.2) is 4.68 Å². The first-order valence-corrected chi connectivity index (χ1v) is 9.77. The molecule has 2 N–H and O–H groups in total. The lowest BCUT2D eigenvalue weighted by molar-refractivity contribution is -0.117. The van der Waals surface area contributed by atoms with Crippen molar-refractivity contribution in [2.24, 2.45) is 5.92 Å². The third kappa shape index (κ3) is 5.06. The van der Waals surface area contributed by atoms with Crippen molar-refractivity contribution in [1.82, 2.24) is 15.1 Å². The molecule has 0 aliphatic heterocycles. The molecule has 3 rings (SSSR count). The highest BCUT2D eigenvalue weighted by atomic mass is 16.2. The Morgan fingerprint density at radius 1 is 1.18 bits per heavy atom. The molecule has 1 saturated carbocycles. The molecule has 0 saturated heterocycles. The van der Waals surface area contributed by atoms with Crippen molar-refractivity contribution in [3.05, 3.63) is 58.0 Å². The van der Waals surface area contributed by atoms with Crippen LogP contribution >= 0.6 is 0 Å². The summed E-state index contributed by atoms with van der Waals surface area (Å²) >= 11 is 0. The van der Waals surface area contributed by atoms with E-state index in [1.54, 1.807) is 0 Å². The summed E-state index contributed by atoms with van der Waals surface area (Å²) in [5, 5.41) is 9.97. The summed E-state index contributed by atoms with van der Waals surface area (Å²) in [6.45, 7) is 4.41. The van der Waals surface area contributed by atoms with Crippen LogP contribution in [0.25, 0.3) is 0 Å². The quantitative estimate of drug-likeness (QED) is 0.734. The van der Waals surface area contributed by atoms with Gasteiger partial charge < -0.3 is 10.6 Å². The lowest BCUT2D eigenvalue weighted by Gasteiger charge is -2.15. The minimum Gasteiger partial charge on any atom is -0.344 e. The number of anilines is 1. The zero-order chi connectivity index (χ0) is 20.1. The average Bonchev–Trinajstić information content (AvgIpc) is 3.53. The van der Waals surface area contributed by atoms with Crippen LogP contribution in [0.15, 0.2) is 41.2 Å². The predicted molar refractivity (Wildman–Crippen MR) is 107 cm³/mol. The number of hydrogen-bond acceptors (Lipinski definition) is 4. The number of carbonyl (C=O) groups is 2. The third-order valence-corrected chi connectivity index (χ3v) is 4.80. The summed E-state index contributed by atoms with van der Waals surface area (Å²) in [4.78, 5) is 36.2. The van der Waals surface area contributed by atoms with Crippen LogP contribution in [0, 0.1) is 5.92 Å². The maximum absolute atomic E-state index is 12.5. The first-order valence-electron chi connectivity index (χ1n) is 9.77. The Morgan fingerprint density at radius 2 is 1.89 bits per heavy atom. The van der Waals surface area contributed by atoms with Crippen molar-refractivity contribution >= 4 is 17.5 Å². The van der Waals surface area contributed by atoms with Gasteiger partial charge in [0.15, 0.2) is 0 Å². The van der Waals surface area contributed by atoms with Gasteiger partial charge in [-0.15, -0.1) is 0 Å². The topological polar surface area (TPSA) is 93.1 Å². The number of unbranched alkanes of at least 4 members (excludes halogenated alkanes) is 1. The molecule has 2 amide bonds. The number of rotatable bonds is 8. The Labute approximate surface area is 164 Å². The molecule has 0 spiro atoms. The fourth-order valence-corrected chi connectivity index (χ4v) is 2.84. The van der Waals surface area contributed by atoms with Crippen LogP contribution in [0.1, 0.15) is 61.6 Å². The van der Waals surface area contributed by atoms with Gasteiger partial charge in [0.25, 0.3) is 11.5 Å². The van der Waals surface area contributed by atoms with Crippen LogP contribution < -0.4 is 16.2 Å². The fraction of sp³-hybridized carbons (Fsp3) is 0.429. The van der Waals surface area contributed by atoms with E-state index in [0.717, 1.165) is 36.9 Å². The van der Waals surface area contributed by atoms with E-state index in [9.17, 15) is 14.4 Å². The zero-order valence-electron chi connectivity index (χ0n) is 16.3. The van der Waals surface area contributed by atoms with Gasteiger partial charge in [-0.1, -0.05) is 25.5 Å². The molecule has 1 aromatic carbocycles. The molecule has 1 aromatic heterocycles. The maximum Gasteiger partial charge on any atom is 0.272 e. The number of amides is 2. The van der Waals surface area contributed by atoms with Gasteiger partial charge in [-0.3, -0.25) is 14.4 Å². The van der Waals surface area contributed by atoms with Gasteiger partial charge in [0, 0.05) is 24.2 Å². The largest absolute Gasteiger partial charge is 0.344 e. The molecule has 7 heteroatoms. The van der Waals surface area contributed by atoms with Gasteiger partial charge in [0.2, 0.25) is 5.91 Å². The van der Waals surface area contributed by atoms with Crippen molar-refractivity contribution in [2.45, 2.75) is 52.1 Å². The molecular formula is C21H26N4O3. The second-order valence-corrected chi connectivity index (χ2v) is 7.21. The Hall–Kier alpha value is -2.96. The molecule has 0 bridgehead atoms. The maximum atomic E-state index is 12.5. The van der Waals surface area contributed by atoms with E-state index in [2.05, 4.69) is 15.7 Å². The number of aromatic nitrogens is 2. The lowest BCUT2D eigenvalue weighted by atomic mass is 10.1. The standard InChI is InChI=1S/C21H26N4O3/c1-3-4-13-25-19(26)12-11-18(24-25)21(28)22-14(2)15-7-9-17(10-8-15)23-20(27)16-5-6-16/h7-12,14,16H,3-6,13H2,1-2H3,(H,22,28)(H,23,27). The van der Waals surface area contributed by atoms with E-state index < -0.39 is 0 Å². The van der Waals surface area contributed by atoms with Crippen molar-refractivity contribution in [1.29, 1.82) is 0 Å². The Bertz CT molecular complexity index is 901. The second-order valence-electron chi connectivity index (χ2n) is 7.21. The molecule has 1 aliphatic rings. The number of carbonyl (C=O) groups excluding carboxylic acids is 2. The average molecular weight is 382 g/mol. The van der Waals surface area contributed by atoms with Crippen molar-refractivity contribution in [2.75, 3.05) is 5.32 Å². The van der Waals surface area contributed by atoms with Gasteiger partial charge in [-0.2, -0.15) is 5.10 Å². The van der Waals surface area contributed by atoms with Crippen LogP contribution in [-0.4, -0.2) is 21.6 Å². The SMILES string of the molecule is CCCCn1nc(C(=O)NC(C)c2ccc(NC(=O)C3CC3)cc2)ccc1=O. The van der Waals surface area contributed by atoms with Gasteiger partial charge in [0.05, 0.1) is 6.04 Å². The highest BCUT2D eigenvalue weighted by Crippen LogP contribution is 2.30. The van der Waals surface area contributed by atoms with E-state index in [4.69, 9.17) is 0 Å². The fourth-order valence-electron chi connectivity index (χ4n) is 2.84. The number of nitrogens with one attached hydrogen (secondary N) is 2. The number of nitrogens with zero attached hydrogens (tertiary/aromatic N) is 2. The summed E-state index contributed by atoms with van der Waals surface area (Å²) in [5.74, 6) is -0.104. The molecule has 1 heterocycles. The summed E-state index contributed by atoms with van der Waals surface area (Å²) in [6.07, 6.45) is 3.70. The smallest absolute Gasteiger partial charge is 0.272 e. The van der Waals surface area contributed by atoms with Crippen LogP contribution in [0.5, 0.6) is 0 Å². The van der Waals surface area contributed by atoms with Crippen LogP contribution in [0.4, 0.5) is 5.69 Å². The molecule has 1 unspecified atom stereocenters. The van der Waals surface area contributed by atoms with Crippen molar-refractivity contribution in [3.63, 3.8) is 0 Å². The molecule has 0 radical (unpaired) electrons. The lowest BCUT2D eigenvalue weighted by Crippen LogP contribution is -2.31. The summed E-state index contributed by atoms with van der Waals surface area (Å²) in [6, 6.07) is 10.0. The van der Waals surface area contributed by atoms with E-state index >= 15 is 0 Å². The van der Waals surface area contributed by atoms with E-state index in [1.165, 1.54) is 16.8 Å². The molecule has 1 fully saturated rings. The van der Waals surface area contributed by atoms with Gasteiger partial charge in [-0.05, 0) is 49.9 Å². The molecule has 1 aliphatic carbocycles. The number of benzene rings is 1. The molecule has 148 valence electrons. The second kappa shape index (κ2) is 8.82. The third-order valence-electron chi connectivity index (χ3n) is 4.80. The van der Waals surface area contributed by atoms with Crippen LogP contribution in [0.2, 0.25) is 0 Å². The highest BCUT2D eigenvalue weighted by molar-refractivity contribution is 5.94. The van der Waals surface area contributed by atoms with Crippen LogP contribution in [-0.2, 0) is 11.3 Å². The number of aryl methyl sites for hydroxylation is 1. The Morgan fingerprint density at radius 3 is 2.54 bits per heavy atom. The van der Waals surface area contributed by atoms with Gasteiger partial charge >= 0.3 is 0 Å². The highest BCUT2D eigenvalue weighted by Gasteiger charge is 2.29. The van der Waals surface area contributed by atoms with E-state index in [-0.39, 0.29) is 35.0 Å². The van der Waals surface area contributed by atoms with Crippen molar-refractivity contribution in [3.8, 4) is 0 Å². The zero-order valence-corrected chi connectivity index (χ0v) is 16.3. The molecular weight excluding hydrogens is 356 g/mol. The normalized spacial score (nSPS) is 14.4. The monoisotopic (exact) mass is 382 g/mol. The summed E-state index contributed by atoms with van der Waals surface area (Å²) in [5.41, 5.74) is 1.68. The Kier molecular flexibility index (Phi) is 6.23. The van der Waals surface area contributed by atoms with Crippen LogP contribution in [0.3, 0.4) is 0 Å². The van der Waals surface area contributed by atoms with E-state index in [1.807, 2.05) is 38.1 Å².